The average Bonchev–Trinajstić information content (AvgIpc) is 3.13. The second-order valence-electron chi connectivity index (χ2n) is 10.0. The predicted octanol–water partition coefficient (Wildman–Crippen LogP) is 2.53. The van der Waals surface area contributed by atoms with Crippen LogP contribution in [0.1, 0.15) is 53.4 Å². The summed E-state index contributed by atoms with van der Waals surface area (Å²) in [6.45, 7) is 8.44. The number of thioether (sulfide) groups is 1. The number of amides is 2. The first-order chi connectivity index (χ1) is 15.7. The summed E-state index contributed by atoms with van der Waals surface area (Å²) < 4.78 is 4.06. The highest BCUT2D eigenvalue weighted by Crippen LogP contribution is 2.65. The fraction of sp³-hybridized carbons (Fsp3) is 0.720. The summed E-state index contributed by atoms with van der Waals surface area (Å²) in [5.74, 6) is -2.12. The number of cyclic esters (lactones) is 1. The van der Waals surface area contributed by atoms with Crippen molar-refractivity contribution in [1.82, 2.24) is 9.80 Å². The first kappa shape index (κ1) is 24.3. The van der Waals surface area contributed by atoms with Crippen molar-refractivity contribution in [3.63, 3.8) is 0 Å². The number of nitrogens with zero attached hydrogens (tertiary/aromatic N) is 2. The molecule has 2 amide bonds. The van der Waals surface area contributed by atoms with Gasteiger partial charge in [-0.05, 0) is 40.0 Å². The molecule has 7 atom stereocenters. The van der Waals surface area contributed by atoms with Gasteiger partial charge in [-0.25, -0.2) is 0 Å². The lowest BCUT2D eigenvalue weighted by Gasteiger charge is -2.40. The van der Waals surface area contributed by atoms with Gasteiger partial charge in [0.25, 0.3) is 0 Å². The van der Waals surface area contributed by atoms with Gasteiger partial charge < -0.3 is 19.6 Å². The minimum atomic E-state index is -0.889. The van der Waals surface area contributed by atoms with Crippen molar-refractivity contribution >= 4 is 29.5 Å². The van der Waals surface area contributed by atoms with Gasteiger partial charge in [0.15, 0.2) is 0 Å². The number of aliphatic hydroxyl groups excluding tert-OH is 1. The summed E-state index contributed by atoms with van der Waals surface area (Å²) in [6.07, 6.45) is 11.5. The Morgan fingerprint density at radius 2 is 1.91 bits per heavy atom. The van der Waals surface area contributed by atoms with E-state index in [9.17, 15) is 19.5 Å². The van der Waals surface area contributed by atoms with E-state index in [-0.39, 0.29) is 30.4 Å². The minimum absolute atomic E-state index is 0.0341. The van der Waals surface area contributed by atoms with Crippen LogP contribution < -0.4 is 0 Å². The Hall–Kier alpha value is -1.80. The number of carbonyl (C=O) groups excluding carboxylic acids is 3. The van der Waals surface area contributed by atoms with Gasteiger partial charge in [0, 0.05) is 17.3 Å². The number of rotatable bonds is 5. The zero-order valence-electron chi connectivity index (χ0n) is 20.0. The molecule has 0 saturated carbocycles. The zero-order valence-corrected chi connectivity index (χ0v) is 20.8. The smallest absolute Gasteiger partial charge is 0.311 e. The maximum absolute atomic E-state index is 14.1. The van der Waals surface area contributed by atoms with E-state index >= 15 is 0 Å². The Bertz CT molecular complexity index is 875. The van der Waals surface area contributed by atoms with Gasteiger partial charge in [0.05, 0.1) is 35.8 Å². The van der Waals surface area contributed by atoms with Crippen molar-refractivity contribution < 1.29 is 24.2 Å². The number of hydrogen-bond acceptors (Lipinski definition) is 6. The van der Waals surface area contributed by atoms with E-state index in [0.717, 1.165) is 25.7 Å². The molecule has 0 aromatic carbocycles. The van der Waals surface area contributed by atoms with Gasteiger partial charge in [0.2, 0.25) is 11.8 Å². The van der Waals surface area contributed by atoms with Crippen LogP contribution in [-0.2, 0) is 19.1 Å². The number of fused-ring (bicyclic) bond motifs is 2. The maximum atomic E-state index is 14.1. The van der Waals surface area contributed by atoms with Crippen molar-refractivity contribution in [3.05, 3.63) is 24.3 Å². The van der Waals surface area contributed by atoms with Crippen LogP contribution in [0.15, 0.2) is 24.3 Å². The molecule has 33 heavy (non-hydrogen) atoms. The predicted molar refractivity (Wildman–Crippen MR) is 127 cm³/mol. The molecule has 0 bridgehead atoms. The highest BCUT2D eigenvalue weighted by Gasteiger charge is 2.74. The number of carbonyl (C=O) groups is 3. The summed E-state index contributed by atoms with van der Waals surface area (Å²) in [5.41, 5.74) is 0. The number of aliphatic hydroxyl groups is 1. The summed E-state index contributed by atoms with van der Waals surface area (Å²) in [7, 11) is 0. The molecule has 1 N–H and O–H groups in total. The van der Waals surface area contributed by atoms with E-state index in [2.05, 4.69) is 13.0 Å². The molecule has 0 aromatic heterocycles. The molecule has 2 unspecified atom stereocenters. The second-order valence-corrected chi connectivity index (χ2v) is 11.8. The minimum Gasteiger partial charge on any atom is -0.465 e. The topological polar surface area (TPSA) is 87.2 Å². The molecule has 8 heteroatoms. The van der Waals surface area contributed by atoms with Gasteiger partial charge in [-0.15, -0.1) is 11.8 Å². The SMILES string of the molecule is CCCC(C)N1CC=C[C@]23S[C@@]4(C)/C=C\CCCOC(=O)[C@H]4[C@H]2C(=O)N([C@H](C)CO)C3C1=O. The van der Waals surface area contributed by atoms with E-state index in [0.29, 0.717) is 13.2 Å². The third kappa shape index (κ3) is 3.73. The van der Waals surface area contributed by atoms with E-state index in [4.69, 9.17) is 4.74 Å². The first-order valence-electron chi connectivity index (χ1n) is 12.2. The van der Waals surface area contributed by atoms with Crippen LogP contribution in [0.3, 0.4) is 0 Å². The molecular weight excluding hydrogens is 440 g/mol. The Labute approximate surface area is 200 Å². The quantitative estimate of drug-likeness (QED) is 0.485. The molecule has 1 spiro atoms. The van der Waals surface area contributed by atoms with Crippen molar-refractivity contribution in [2.24, 2.45) is 11.8 Å². The summed E-state index contributed by atoms with van der Waals surface area (Å²) in [5, 5.41) is 9.99. The summed E-state index contributed by atoms with van der Waals surface area (Å²) >= 11 is 1.55. The highest BCUT2D eigenvalue weighted by atomic mass is 32.2. The molecule has 2 fully saturated rings. The maximum Gasteiger partial charge on any atom is 0.311 e. The molecule has 4 aliphatic rings. The number of allylic oxidation sites excluding steroid dienone is 1. The first-order valence-corrected chi connectivity index (χ1v) is 13.0. The van der Waals surface area contributed by atoms with Crippen LogP contribution in [0.4, 0.5) is 0 Å². The van der Waals surface area contributed by atoms with Gasteiger partial charge in [-0.1, -0.05) is 37.6 Å². The number of hydrogen-bond donors (Lipinski definition) is 1. The van der Waals surface area contributed by atoms with Crippen molar-refractivity contribution in [2.45, 2.75) is 81.0 Å². The van der Waals surface area contributed by atoms with Crippen LogP contribution in [0, 0.1) is 11.8 Å². The number of esters is 1. The van der Waals surface area contributed by atoms with Crippen molar-refractivity contribution in [2.75, 3.05) is 19.8 Å². The molecule has 182 valence electrons. The van der Waals surface area contributed by atoms with Crippen LogP contribution in [0.25, 0.3) is 0 Å². The fourth-order valence-electron chi connectivity index (χ4n) is 6.12. The molecule has 2 saturated heterocycles. The Morgan fingerprint density at radius 1 is 1.15 bits per heavy atom. The second kappa shape index (κ2) is 9.10. The van der Waals surface area contributed by atoms with Crippen LogP contribution in [-0.4, -0.2) is 80.1 Å². The molecule has 4 rings (SSSR count). The third-order valence-corrected chi connectivity index (χ3v) is 9.49. The zero-order chi connectivity index (χ0) is 24.0. The van der Waals surface area contributed by atoms with Gasteiger partial charge in [-0.2, -0.15) is 0 Å². The Kier molecular flexibility index (Phi) is 6.71. The number of ether oxygens (including phenoxy) is 1. The molecule has 0 radical (unpaired) electrons. The lowest BCUT2D eigenvalue weighted by Crippen LogP contribution is -2.57. The average molecular weight is 477 g/mol. The van der Waals surface area contributed by atoms with E-state index in [1.807, 2.05) is 37.0 Å². The van der Waals surface area contributed by atoms with Gasteiger partial charge in [0.1, 0.15) is 6.04 Å². The third-order valence-electron chi connectivity index (χ3n) is 7.70. The van der Waals surface area contributed by atoms with E-state index in [1.54, 1.807) is 23.6 Å². The highest BCUT2D eigenvalue weighted by molar-refractivity contribution is 8.02. The van der Waals surface area contributed by atoms with Gasteiger partial charge in [-0.3, -0.25) is 14.4 Å². The Balaban J connectivity index is 1.87. The molecule has 4 heterocycles. The molecule has 4 aliphatic heterocycles. The van der Waals surface area contributed by atoms with Crippen molar-refractivity contribution in [1.29, 1.82) is 0 Å². The lowest BCUT2D eigenvalue weighted by molar-refractivity contribution is -0.154. The standard InChI is InChI=1S/C25H36N2O5S/c1-5-10-16(2)26-13-9-12-25-18(21(29)27(17(3)15-28)20(25)22(26)30)19-23(31)32-14-8-6-7-11-24(19,4)33-25/h7,9,11-12,16-20,28H,5-6,8,10,13-15H2,1-4H3/b11-7-/t16?,17-,18+,19-,20?,24+,25+/m1/s1. The van der Waals surface area contributed by atoms with E-state index < -0.39 is 33.4 Å². The lowest BCUT2D eigenvalue weighted by atomic mass is 9.74. The van der Waals surface area contributed by atoms with Crippen molar-refractivity contribution in [3.8, 4) is 0 Å². The molecular formula is C25H36N2O5S. The molecule has 0 aromatic rings. The van der Waals surface area contributed by atoms with E-state index in [1.165, 1.54) is 0 Å². The summed E-state index contributed by atoms with van der Waals surface area (Å²) in [4.78, 5) is 44.8. The fourth-order valence-corrected chi connectivity index (χ4v) is 8.26. The normalized spacial score (nSPS) is 38.9. The molecule has 0 aliphatic carbocycles. The number of likely N-dealkylation sites (tertiary alicyclic amines) is 1. The summed E-state index contributed by atoms with van der Waals surface area (Å²) in [6, 6.07) is -1.26. The van der Waals surface area contributed by atoms with Crippen LogP contribution >= 0.6 is 11.8 Å². The van der Waals surface area contributed by atoms with Crippen LogP contribution in [0.5, 0.6) is 0 Å². The Morgan fingerprint density at radius 3 is 2.61 bits per heavy atom. The van der Waals surface area contributed by atoms with Gasteiger partial charge >= 0.3 is 5.97 Å². The monoisotopic (exact) mass is 476 g/mol. The largest absolute Gasteiger partial charge is 0.465 e. The molecule has 7 nitrogen and oxygen atoms in total. The van der Waals surface area contributed by atoms with Crippen LogP contribution in [0.2, 0.25) is 0 Å².